The second-order valence-corrected chi connectivity index (χ2v) is 8.56. The normalized spacial score (nSPS) is 10.5. The van der Waals surface area contributed by atoms with Gasteiger partial charge >= 0.3 is 6.03 Å². The van der Waals surface area contributed by atoms with E-state index in [2.05, 4.69) is 20.3 Å². The molecule has 2 aromatic carbocycles. The maximum Gasteiger partial charge on any atom is 0.334 e. The number of ether oxygens (including phenoxy) is 2. The average Bonchev–Trinajstić information content (AvgIpc) is 2.94. The van der Waals surface area contributed by atoms with Gasteiger partial charge in [0.05, 0.1) is 36.7 Å². The van der Waals surface area contributed by atoms with Crippen molar-refractivity contribution in [1.82, 2.24) is 15.0 Å². The highest BCUT2D eigenvalue weighted by Crippen LogP contribution is 2.46. The predicted octanol–water partition coefficient (Wildman–Crippen LogP) is 6.24. The molecule has 0 fully saturated rings. The van der Waals surface area contributed by atoms with E-state index in [1.54, 1.807) is 30.5 Å². The van der Waals surface area contributed by atoms with E-state index in [1.807, 2.05) is 0 Å². The molecule has 0 saturated heterocycles. The Bertz CT molecular complexity index is 1500. The van der Waals surface area contributed by atoms with Gasteiger partial charge < -0.3 is 14.8 Å². The van der Waals surface area contributed by atoms with E-state index in [9.17, 15) is 14.9 Å². The van der Waals surface area contributed by atoms with Gasteiger partial charge in [0, 0.05) is 31.4 Å². The van der Waals surface area contributed by atoms with Crippen molar-refractivity contribution >= 4 is 63.6 Å². The quantitative estimate of drug-likeness (QED) is 0.193. The molecule has 2 amide bonds. The third-order valence-corrected chi connectivity index (χ3v) is 6.24. The maximum atomic E-state index is 14.0. The van der Waals surface area contributed by atoms with E-state index < -0.39 is 11.0 Å². The Balaban J connectivity index is 1.79. The van der Waals surface area contributed by atoms with Crippen molar-refractivity contribution in [3.05, 3.63) is 87.4 Å². The zero-order chi connectivity index (χ0) is 28.1. The Morgan fingerprint density at radius 1 is 1.03 bits per heavy atom. The van der Waals surface area contributed by atoms with Crippen LogP contribution in [0.1, 0.15) is 0 Å². The lowest BCUT2D eigenvalue weighted by molar-refractivity contribution is -0.383. The molecule has 2 heterocycles. The summed E-state index contributed by atoms with van der Waals surface area (Å²) >= 11 is 13.1. The van der Waals surface area contributed by atoms with Crippen LogP contribution < -0.4 is 24.6 Å². The number of halogens is 2. The lowest BCUT2D eigenvalue weighted by Crippen LogP contribution is -2.39. The molecule has 0 unspecified atom stereocenters. The van der Waals surface area contributed by atoms with E-state index in [4.69, 9.17) is 32.7 Å². The molecule has 12 nitrogen and oxygen atoms in total. The van der Waals surface area contributed by atoms with Gasteiger partial charge in [0.1, 0.15) is 45.2 Å². The summed E-state index contributed by atoms with van der Waals surface area (Å²) in [4.78, 5) is 40.0. The van der Waals surface area contributed by atoms with E-state index >= 15 is 0 Å². The summed E-state index contributed by atoms with van der Waals surface area (Å²) in [7, 11) is 4.33. The van der Waals surface area contributed by atoms with Gasteiger partial charge in [-0.05, 0) is 18.2 Å². The third kappa shape index (κ3) is 5.61. The van der Waals surface area contributed by atoms with Crippen LogP contribution in [0.3, 0.4) is 0 Å². The molecule has 0 spiro atoms. The van der Waals surface area contributed by atoms with E-state index in [-0.39, 0.29) is 50.2 Å². The number of hydrogen-bond acceptors (Lipinski definition) is 9. The number of rotatable bonds is 8. The van der Waals surface area contributed by atoms with Crippen LogP contribution in [0.5, 0.6) is 11.5 Å². The minimum atomic E-state index is -0.613. The lowest BCUT2D eigenvalue weighted by atomic mass is 10.2. The van der Waals surface area contributed by atoms with Crippen LogP contribution in [0.15, 0.2) is 67.3 Å². The summed E-state index contributed by atoms with van der Waals surface area (Å²) in [6.07, 6.45) is 4.24. The highest BCUT2D eigenvalue weighted by Gasteiger charge is 2.30. The molecule has 0 aliphatic carbocycles. The Kier molecular flexibility index (Phi) is 8.27. The molecule has 0 radical (unpaired) electrons. The maximum absolute atomic E-state index is 14.0. The summed E-state index contributed by atoms with van der Waals surface area (Å²) < 4.78 is 10.7. The molecular formula is C25H21Cl2N7O5. The van der Waals surface area contributed by atoms with Gasteiger partial charge in [-0.1, -0.05) is 35.3 Å². The van der Waals surface area contributed by atoms with Gasteiger partial charge in [-0.25, -0.2) is 19.7 Å². The molecule has 0 saturated carbocycles. The zero-order valence-electron chi connectivity index (χ0n) is 20.8. The molecule has 0 bridgehead atoms. The number of urea groups is 1. The molecule has 39 heavy (non-hydrogen) atoms. The summed E-state index contributed by atoms with van der Waals surface area (Å²) in [5.41, 5.74) is 0.576. The first-order valence-electron chi connectivity index (χ1n) is 11.2. The number of benzene rings is 2. The number of para-hydroxylation sites is 2. The molecule has 0 aliphatic rings. The van der Waals surface area contributed by atoms with Crippen molar-refractivity contribution in [2.45, 2.75) is 0 Å². The molecule has 4 aromatic rings. The van der Waals surface area contributed by atoms with Gasteiger partial charge in [-0.3, -0.25) is 20.0 Å². The van der Waals surface area contributed by atoms with Crippen molar-refractivity contribution in [3.63, 3.8) is 0 Å². The van der Waals surface area contributed by atoms with Crippen molar-refractivity contribution in [2.24, 2.45) is 0 Å². The fourth-order valence-corrected chi connectivity index (χ4v) is 4.41. The number of nitro groups is 1. The second-order valence-electron chi connectivity index (χ2n) is 7.81. The molecule has 0 atom stereocenters. The van der Waals surface area contributed by atoms with Crippen LogP contribution >= 0.6 is 23.2 Å². The number of aromatic nitrogens is 3. The molecular weight excluding hydrogens is 549 g/mol. The summed E-state index contributed by atoms with van der Waals surface area (Å²) in [5, 5.41) is 14.5. The smallest absolute Gasteiger partial charge is 0.334 e. The Hall–Kier alpha value is -4.68. The van der Waals surface area contributed by atoms with E-state index in [1.165, 1.54) is 67.9 Å². The first-order chi connectivity index (χ1) is 18.8. The Labute approximate surface area is 232 Å². The number of pyridine rings is 1. The standard InChI is InChI=1S/C25H21Cl2N7O5/c1-32(24-22(26)18(38-2)11-19(39-3)23(24)27)25(35)33(15-7-6-10-28-13-15)21-12-20(29-14-30-21)31-16-8-4-5-9-17(16)34(36)37/h4-14H,1-3H3,(H,29,30,31). The number of nitrogens with one attached hydrogen (secondary N) is 1. The van der Waals surface area contributed by atoms with Crippen molar-refractivity contribution in [2.75, 3.05) is 36.4 Å². The minimum Gasteiger partial charge on any atom is -0.495 e. The van der Waals surface area contributed by atoms with Gasteiger partial charge in [0.2, 0.25) is 0 Å². The fraction of sp³-hybridized carbons (Fsp3) is 0.120. The Morgan fingerprint density at radius 3 is 2.33 bits per heavy atom. The Morgan fingerprint density at radius 2 is 1.72 bits per heavy atom. The lowest BCUT2D eigenvalue weighted by Gasteiger charge is -2.29. The van der Waals surface area contributed by atoms with Gasteiger partial charge in [-0.15, -0.1) is 0 Å². The number of carbonyl (C=O) groups excluding carboxylic acids is 1. The predicted molar refractivity (Wildman–Crippen MR) is 148 cm³/mol. The molecule has 2 aromatic heterocycles. The second kappa shape index (κ2) is 11.8. The van der Waals surface area contributed by atoms with E-state index in [0.29, 0.717) is 5.69 Å². The topological polar surface area (TPSA) is 136 Å². The largest absolute Gasteiger partial charge is 0.495 e. The number of carbonyl (C=O) groups is 1. The first kappa shape index (κ1) is 27.4. The number of nitrogens with zero attached hydrogens (tertiary/aromatic N) is 6. The minimum absolute atomic E-state index is 0.0896. The monoisotopic (exact) mass is 569 g/mol. The molecule has 0 aliphatic heterocycles. The number of amides is 2. The van der Waals surface area contributed by atoms with Crippen LogP contribution in [0.2, 0.25) is 10.0 Å². The molecule has 14 heteroatoms. The summed E-state index contributed by atoms with van der Waals surface area (Å²) in [6, 6.07) is 11.8. The average molecular weight is 570 g/mol. The van der Waals surface area contributed by atoms with E-state index in [0.717, 1.165) is 0 Å². The van der Waals surface area contributed by atoms with Crippen LogP contribution in [0.25, 0.3) is 0 Å². The first-order valence-corrected chi connectivity index (χ1v) is 11.9. The van der Waals surface area contributed by atoms with Gasteiger partial charge in [0.15, 0.2) is 0 Å². The van der Waals surface area contributed by atoms with Crippen LogP contribution in [-0.2, 0) is 0 Å². The van der Waals surface area contributed by atoms with Crippen LogP contribution in [0, 0.1) is 10.1 Å². The number of methoxy groups -OCH3 is 2. The third-order valence-electron chi connectivity index (χ3n) is 5.51. The number of nitro benzene ring substituents is 1. The van der Waals surface area contributed by atoms with Crippen molar-refractivity contribution in [3.8, 4) is 11.5 Å². The van der Waals surface area contributed by atoms with Crippen LogP contribution in [-0.4, -0.2) is 47.2 Å². The van der Waals surface area contributed by atoms with Crippen molar-refractivity contribution in [1.29, 1.82) is 0 Å². The van der Waals surface area contributed by atoms with Gasteiger partial charge in [0.25, 0.3) is 5.69 Å². The van der Waals surface area contributed by atoms with Crippen LogP contribution in [0.4, 0.5) is 39.2 Å². The van der Waals surface area contributed by atoms with Gasteiger partial charge in [-0.2, -0.15) is 0 Å². The highest BCUT2D eigenvalue weighted by atomic mass is 35.5. The summed E-state index contributed by atoms with van der Waals surface area (Å²) in [6.45, 7) is 0. The summed E-state index contributed by atoms with van der Waals surface area (Å²) in [5.74, 6) is 0.841. The molecule has 1 N–H and O–H groups in total. The number of hydrogen-bond donors (Lipinski definition) is 1. The van der Waals surface area contributed by atoms with Crippen molar-refractivity contribution < 1.29 is 19.2 Å². The zero-order valence-corrected chi connectivity index (χ0v) is 22.3. The molecule has 4 rings (SSSR count). The molecule has 200 valence electrons. The highest BCUT2D eigenvalue weighted by molar-refractivity contribution is 6.42. The SMILES string of the molecule is COc1cc(OC)c(Cl)c(N(C)C(=O)N(c2cccnc2)c2cc(Nc3ccccc3[N+](=O)[O-])ncn2)c1Cl. The number of anilines is 5. The fourth-order valence-electron chi connectivity index (χ4n) is 3.65.